The molecule has 0 aliphatic rings. The van der Waals surface area contributed by atoms with Crippen LogP contribution >= 0.6 is 0 Å². The van der Waals surface area contributed by atoms with Crippen molar-refractivity contribution in [1.29, 1.82) is 0 Å². The molecule has 3 nitrogen and oxygen atoms in total. The van der Waals surface area contributed by atoms with Gasteiger partial charge >= 0.3 is 6.09 Å². The van der Waals surface area contributed by atoms with Crippen LogP contribution in [0, 0.1) is 13.8 Å². The van der Waals surface area contributed by atoms with Crippen LogP contribution in [0.2, 0.25) is 0 Å². The van der Waals surface area contributed by atoms with Crippen molar-refractivity contribution in [2.75, 3.05) is 0 Å². The van der Waals surface area contributed by atoms with E-state index in [2.05, 4.69) is 4.74 Å². The molecule has 0 radical (unpaired) electrons. The molecule has 1 rings (SSSR count). The topological polar surface area (TPSA) is 52.3 Å². The molecular formula is C10H13NO2. The van der Waals surface area contributed by atoms with Gasteiger partial charge in [-0.15, -0.1) is 0 Å². The third-order valence-corrected chi connectivity index (χ3v) is 1.95. The van der Waals surface area contributed by atoms with Gasteiger partial charge in [0.15, 0.2) is 0 Å². The lowest BCUT2D eigenvalue weighted by atomic mass is 10.1. The fourth-order valence-electron chi connectivity index (χ4n) is 1.05. The highest BCUT2D eigenvalue weighted by Crippen LogP contribution is 2.10. The molecule has 0 unspecified atom stereocenters. The number of benzene rings is 1. The van der Waals surface area contributed by atoms with Crippen molar-refractivity contribution in [3.8, 4) is 0 Å². The van der Waals surface area contributed by atoms with Gasteiger partial charge in [-0.05, 0) is 30.5 Å². The average Bonchev–Trinajstić information content (AvgIpc) is 2.07. The molecule has 0 aliphatic carbocycles. The van der Waals surface area contributed by atoms with Crippen molar-refractivity contribution >= 4 is 6.09 Å². The predicted octanol–water partition coefficient (Wildman–Crippen LogP) is 1.90. The molecule has 0 aromatic heterocycles. The van der Waals surface area contributed by atoms with E-state index in [0.29, 0.717) is 0 Å². The number of hydrogen-bond donors (Lipinski definition) is 1. The molecule has 0 aliphatic heterocycles. The number of primary amides is 1. The number of rotatable bonds is 2. The second-order valence-electron chi connectivity index (χ2n) is 3.03. The maximum absolute atomic E-state index is 10.3. The van der Waals surface area contributed by atoms with Crippen molar-refractivity contribution < 1.29 is 9.53 Å². The van der Waals surface area contributed by atoms with Crippen LogP contribution in [0.5, 0.6) is 0 Å². The summed E-state index contributed by atoms with van der Waals surface area (Å²) in [6.45, 7) is 4.30. The van der Waals surface area contributed by atoms with Crippen molar-refractivity contribution in [2.24, 2.45) is 5.73 Å². The fraction of sp³-hybridized carbons (Fsp3) is 0.300. The first-order valence-electron chi connectivity index (χ1n) is 4.08. The van der Waals surface area contributed by atoms with E-state index in [1.807, 2.05) is 32.0 Å². The summed E-state index contributed by atoms with van der Waals surface area (Å²) in [5, 5.41) is 0. The Kier molecular flexibility index (Phi) is 2.90. The summed E-state index contributed by atoms with van der Waals surface area (Å²) in [6.07, 6.45) is -0.738. The van der Waals surface area contributed by atoms with E-state index in [-0.39, 0.29) is 6.61 Å². The normalized spacial score (nSPS) is 9.69. The van der Waals surface area contributed by atoms with Crippen LogP contribution in [0.1, 0.15) is 16.7 Å². The lowest BCUT2D eigenvalue weighted by Crippen LogP contribution is -2.12. The van der Waals surface area contributed by atoms with Crippen LogP contribution in [0.3, 0.4) is 0 Å². The third kappa shape index (κ3) is 2.78. The first-order chi connectivity index (χ1) is 6.09. The summed E-state index contributed by atoms with van der Waals surface area (Å²) < 4.78 is 4.66. The minimum atomic E-state index is -0.738. The van der Waals surface area contributed by atoms with Crippen molar-refractivity contribution in [1.82, 2.24) is 0 Å². The standard InChI is InChI=1S/C10H13NO2/c1-7-3-4-9(5-8(7)2)6-13-10(11)12/h3-5H,6H2,1-2H3,(H2,11,12). The summed E-state index contributed by atoms with van der Waals surface area (Å²) >= 11 is 0. The third-order valence-electron chi connectivity index (χ3n) is 1.95. The zero-order valence-corrected chi connectivity index (χ0v) is 7.83. The molecule has 3 heteroatoms. The molecule has 1 aromatic rings. The van der Waals surface area contributed by atoms with Crippen molar-refractivity contribution in [3.63, 3.8) is 0 Å². The second-order valence-corrected chi connectivity index (χ2v) is 3.03. The minimum Gasteiger partial charge on any atom is -0.445 e. The maximum atomic E-state index is 10.3. The Morgan fingerprint density at radius 1 is 1.38 bits per heavy atom. The van der Waals surface area contributed by atoms with Crippen LogP contribution < -0.4 is 5.73 Å². The van der Waals surface area contributed by atoms with Gasteiger partial charge in [-0.1, -0.05) is 18.2 Å². The van der Waals surface area contributed by atoms with E-state index in [4.69, 9.17) is 5.73 Å². The summed E-state index contributed by atoms with van der Waals surface area (Å²) in [6, 6.07) is 5.90. The van der Waals surface area contributed by atoms with Gasteiger partial charge in [0, 0.05) is 0 Å². The number of ether oxygens (including phenoxy) is 1. The zero-order valence-electron chi connectivity index (χ0n) is 7.83. The van der Waals surface area contributed by atoms with E-state index in [1.165, 1.54) is 11.1 Å². The maximum Gasteiger partial charge on any atom is 0.404 e. The summed E-state index contributed by atoms with van der Waals surface area (Å²) in [4.78, 5) is 10.3. The molecular weight excluding hydrogens is 166 g/mol. The Balaban J connectivity index is 2.68. The lowest BCUT2D eigenvalue weighted by molar-refractivity contribution is 0.150. The Hall–Kier alpha value is -1.51. The monoisotopic (exact) mass is 179 g/mol. The molecule has 0 fully saturated rings. The first kappa shape index (κ1) is 9.58. The van der Waals surface area contributed by atoms with Gasteiger partial charge in [-0.3, -0.25) is 0 Å². The van der Waals surface area contributed by atoms with Crippen LogP contribution in [-0.4, -0.2) is 6.09 Å². The van der Waals surface area contributed by atoms with Gasteiger partial charge in [-0.2, -0.15) is 0 Å². The highest BCUT2D eigenvalue weighted by Gasteiger charge is 1.98. The smallest absolute Gasteiger partial charge is 0.404 e. The van der Waals surface area contributed by atoms with Gasteiger partial charge in [0.1, 0.15) is 6.61 Å². The Morgan fingerprint density at radius 3 is 2.62 bits per heavy atom. The number of amides is 1. The highest BCUT2D eigenvalue weighted by molar-refractivity contribution is 5.64. The number of carbonyl (C=O) groups is 1. The number of carbonyl (C=O) groups excluding carboxylic acids is 1. The minimum absolute atomic E-state index is 0.246. The highest BCUT2D eigenvalue weighted by atomic mass is 16.5. The number of nitrogens with two attached hydrogens (primary N) is 1. The van der Waals surface area contributed by atoms with E-state index in [1.54, 1.807) is 0 Å². The summed E-state index contributed by atoms with van der Waals surface area (Å²) in [5.74, 6) is 0. The molecule has 1 amide bonds. The lowest BCUT2D eigenvalue weighted by Gasteiger charge is -2.04. The van der Waals surface area contributed by atoms with E-state index in [9.17, 15) is 4.79 Å². The Bertz CT molecular complexity index is 321. The molecule has 0 spiro atoms. The van der Waals surface area contributed by atoms with Gasteiger partial charge in [-0.25, -0.2) is 4.79 Å². The molecule has 0 heterocycles. The second kappa shape index (κ2) is 3.94. The average molecular weight is 179 g/mol. The van der Waals surface area contributed by atoms with Crippen LogP contribution in [0.25, 0.3) is 0 Å². The van der Waals surface area contributed by atoms with E-state index < -0.39 is 6.09 Å². The predicted molar refractivity (Wildman–Crippen MR) is 50.3 cm³/mol. The first-order valence-corrected chi connectivity index (χ1v) is 4.08. The number of hydrogen-bond acceptors (Lipinski definition) is 2. The molecule has 0 bridgehead atoms. The largest absolute Gasteiger partial charge is 0.445 e. The molecule has 0 atom stereocenters. The van der Waals surface area contributed by atoms with Gasteiger partial charge in [0.25, 0.3) is 0 Å². The molecule has 2 N–H and O–H groups in total. The van der Waals surface area contributed by atoms with Gasteiger partial charge in [0.05, 0.1) is 0 Å². The van der Waals surface area contributed by atoms with Crippen LogP contribution in [0.15, 0.2) is 18.2 Å². The summed E-state index contributed by atoms with van der Waals surface area (Å²) in [7, 11) is 0. The number of aryl methyl sites for hydroxylation is 2. The molecule has 1 aromatic carbocycles. The van der Waals surface area contributed by atoms with Crippen molar-refractivity contribution in [3.05, 3.63) is 34.9 Å². The molecule has 0 saturated carbocycles. The van der Waals surface area contributed by atoms with E-state index >= 15 is 0 Å². The van der Waals surface area contributed by atoms with Gasteiger partial charge < -0.3 is 10.5 Å². The van der Waals surface area contributed by atoms with Crippen LogP contribution in [-0.2, 0) is 11.3 Å². The zero-order chi connectivity index (χ0) is 9.84. The van der Waals surface area contributed by atoms with E-state index in [0.717, 1.165) is 5.56 Å². The Labute approximate surface area is 77.5 Å². The van der Waals surface area contributed by atoms with Crippen LogP contribution in [0.4, 0.5) is 4.79 Å². The van der Waals surface area contributed by atoms with Gasteiger partial charge in [0.2, 0.25) is 0 Å². The SMILES string of the molecule is Cc1ccc(COC(N)=O)cc1C. The Morgan fingerprint density at radius 2 is 2.08 bits per heavy atom. The molecule has 13 heavy (non-hydrogen) atoms. The quantitative estimate of drug-likeness (QED) is 0.753. The molecule has 0 saturated heterocycles. The fourth-order valence-corrected chi connectivity index (χ4v) is 1.05. The van der Waals surface area contributed by atoms with Crippen molar-refractivity contribution in [2.45, 2.75) is 20.5 Å². The molecule has 70 valence electrons. The summed E-state index contributed by atoms with van der Waals surface area (Å²) in [5.41, 5.74) is 8.22.